The molecular formula is C21H25ClO4. The van der Waals surface area contributed by atoms with E-state index in [1.807, 2.05) is 27.7 Å². The third-order valence-corrected chi connectivity index (χ3v) is 5.94. The minimum Gasteiger partial charge on any atom is -0.511 e. The van der Waals surface area contributed by atoms with Crippen LogP contribution in [0.4, 0.5) is 0 Å². The SMILES string of the molecule is CCC(O)=C1C(=O)CC(c2c(C)c(C)c3c(c2Cl)OC(C)(C)C3)CC1=O. The Kier molecular flexibility index (Phi) is 4.68. The van der Waals surface area contributed by atoms with Crippen LogP contribution in [-0.4, -0.2) is 22.3 Å². The summed E-state index contributed by atoms with van der Waals surface area (Å²) in [7, 11) is 0. The highest BCUT2D eigenvalue weighted by molar-refractivity contribution is 6.33. The lowest BCUT2D eigenvalue weighted by Gasteiger charge is -2.27. The molecule has 4 nitrogen and oxygen atoms in total. The monoisotopic (exact) mass is 376 g/mol. The van der Waals surface area contributed by atoms with Crippen molar-refractivity contribution in [3.63, 3.8) is 0 Å². The van der Waals surface area contributed by atoms with E-state index in [0.29, 0.717) is 10.8 Å². The summed E-state index contributed by atoms with van der Waals surface area (Å²) < 4.78 is 6.07. The first-order chi connectivity index (χ1) is 12.1. The molecule has 1 saturated carbocycles. The van der Waals surface area contributed by atoms with Gasteiger partial charge in [0.25, 0.3) is 0 Å². The molecule has 1 aliphatic heterocycles. The Balaban J connectivity index is 2.06. The van der Waals surface area contributed by atoms with Crippen LogP contribution < -0.4 is 4.74 Å². The topological polar surface area (TPSA) is 63.6 Å². The van der Waals surface area contributed by atoms with Crippen molar-refractivity contribution in [2.75, 3.05) is 0 Å². The second-order valence-corrected chi connectivity index (χ2v) is 8.33. The van der Waals surface area contributed by atoms with Crippen LogP contribution in [0.3, 0.4) is 0 Å². The van der Waals surface area contributed by atoms with Gasteiger partial charge in [-0.05, 0) is 44.4 Å². The van der Waals surface area contributed by atoms with Crippen molar-refractivity contribution < 1.29 is 19.4 Å². The number of fused-ring (bicyclic) bond motifs is 1. The number of ketones is 2. The zero-order valence-corrected chi connectivity index (χ0v) is 16.7. The van der Waals surface area contributed by atoms with E-state index in [2.05, 4.69) is 0 Å². The second-order valence-electron chi connectivity index (χ2n) is 7.95. The van der Waals surface area contributed by atoms with Gasteiger partial charge in [0.05, 0.1) is 10.6 Å². The van der Waals surface area contributed by atoms with Gasteiger partial charge in [-0.3, -0.25) is 9.59 Å². The molecule has 3 rings (SSSR count). The van der Waals surface area contributed by atoms with Crippen LogP contribution in [0.1, 0.15) is 68.2 Å². The highest BCUT2D eigenvalue weighted by Gasteiger charge is 2.39. The lowest BCUT2D eigenvalue weighted by molar-refractivity contribution is -0.124. The number of carbonyl (C=O) groups is 2. The zero-order chi connectivity index (χ0) is 19.4. The van der Waals surface area contributed by atoms with Gasteiger partial charge in [0.2, 0.25) is 0 Å². The first-order valence-electron chi connectivity index (χ1n) is 9.06. The minimum absolute atomic E-state index is 0.0345. The molecule has 26 heavy (non-hydrogen) atoms. The maximum Gasteiger partial charge on any atom is 0.170 e. The van der Waals surface area contributed by atoms with Gasteiger partial charge in [0.15, 0.2) is 11.6 Å². The molecule has 0 saturated heterocycles. The average molecular weight is 377 g/mol. The van der Waals surface area contributed by atoms with E-state index >= 15 is 0 Å². The number of hydrogen-bond donors (Lipinski definition) is 1. The molecule has 140 valence electrons. The quantitative estimate of drug-likeness (QED) is 0.452. The Morgan fingerprint density at radius 3 is 2.31 bits per heavy atom. The summed E-state index contributed by atoms with van der Waals surface area (Å²) in [5.74, 6) is -0.322. The van der Waals surface area contributed by atoms with Gasteiger partial charge < -0.3 is 9.84 Å². The summed E-state index contributed by atoms with van der Waals surface area (Å²) >= 11 is 6.70. The summed E-state index contributed by atoms with van der Waals surface area (Å²) in [6, 6.07) is 0. The summed E-state index contributed by atoms with van der Waals surface area (Å²) in [5.41, 5.74) is 3.72. The van der Waals surface area contributed by atoms with E-state index in [1.54, 1.807) is 6.92 Å². The van der Waals surface area contributed by atoms with Crippen molar-refractivity contribution in [1.29, 1.82) is 0 Å². The van der Waals surface area contributed by atoms with E-state index < -0.39 is 0 Å². The van der Waals surface area contributed by atoms with Crippen molar-refractivity contribution in [3.05, 3.63) is 38.6 Å². The van der Waals surface area contributed by atoms with Crippen LogP contribution >= 0.6 is 11.6 Å². The van der Waals surface area contributed by atoms with Crippen LogP contribution in [-0.2, 0) is 16.0 Å². The van der Waals surface area contributed by atoms with Crippen molar-refractivity contribution in [2.45, 2.75) is 71.8 Å². The Hall–Kier alpha value is -1.81. The van der Waals surface area contributed by atoms with Crippen molar-refractivity contribution in [1.82, 2.24) is 0 Å². The van der Waals surface area contributed by atoms with Crippen LogP contribution in [0.25, 0.3) is 0 Å². The Labute approximate surface area is 159 Å². The number of halogens is 1. The van der Waals surface area contributed by atoms with Gasteiger partial charge in [-0.25, -0.2) is 0 Å². The molecule has 1 aromatic carbocycles. The van der Waals surface area contributed by atoms with Crippen molar-refractivity contribution >= 4 is 23.2 Å². The van der Waals surface area contributed by atoms with Crippen LogP contribution in [0.15, 0.2) is 11.3 Å². The van der Waals surface area contributed by atoms with Gasteiger partial charge >= 0.3 is 0 Å². The van der Waals surface area contributed by atoms with Crippen LogP contribution in [0.5, 0.6) is 5.75 Å². The molecule has 0 spiro atoms. The van der Waals surface area contributed by atoms with E-state index in [-0.39, 0.29) is 53.7 Å². The molecule has 0 aromatic heterocycles. The molecule has 0 bridgehead atoms. The largest absolute Gasteiger partial charge is 0.511 e. The fraction of sp³-hybridized carbons (Fsp3) is 0.524. The molecule has 1 fully saturated rings. The Morgan fingerprint density at radius 1 is 1.19 bits per heavy atom. The van der Waals surface area contributed by atoms with E-state index in [4.69, 9.17) is 16.3 Å². The molecule has 0 radical (unpaired) electrons. The molecule has 1 heterocycles. The van der Waals surface area contributed by atoms with Crippen LogP contribution in [0, 0.1) is 13.8 Å². The molecule has 0 unspecified atom stereocenters. The molecule has 0 amide bonds. The maximum absolute atomic E-state index is 12.5. The number of allylic oxidation sites excluding steroid dienone is 2. The van der Waals surface area contributed by atoms with Crippen LogP contribution in [0.2, 0.25) is 5.02 Å². The van der Waals surface area contributed by atoms with E-state index in [1.165, 1.54) is 0 Å². The Morgan fingerprint density at radius 2 is 1.77 bits per heavy atom. The summed E-state index contributed by atoms with van der Waals surface area (Å²) in [6.07, 6.45) is 1.41. The zero-order valence-electron chi connectivity index (χ0n) is 16.0. The first-order valence-corrected chi connectivity index (χ1v) is 9.44. The summed E-state index contributed by atoms with van der Waals surface area (Å²) in [6.45, 7) is 9.80. The number of benzene rings is 1. The molecule has 0 atom stereocenters. The molecule has 5 heteroatoms. The summed E-state index contributed by atoms with van der Waals surface area (Å²) in [5, 5.41) is 10.4. The smallest absolute Gasteiger partial charge is 0.170 e. The number of rotatable bonds is 2. The predicted octanol–water partition coefficient (Wildman–Crippen LogP) is 4.91. The molecular weight excluding hydrogens is 352 g/mol. The summed E-state index contributed by atoms with van der Waals surface area (Å²) in [4.78, 5) is 25.0. The second kappa shape index (κ2) is 6.41. The van der Waals surface area contributed by atoms with E-state index in [9.17, 15) is 14.7 Å². The van der Waals surface area contributed by atoms with Gasteiger partial charge in [-0.1, -0.05) is 18.5 Å². The minimum atomic E-state index is -0.317. The number of carbonyl (C=O) groups excluding carboxylic acids is 2. The van der Waals surface area contributed by atoms with Gasteiger partial charge in [0, 0.05) is 37.2 Å². The standard InChI is InChI=1S/C21H25ClO4/c1-6-14(23)18-15(24)7-12(8-16(18)25)17-11(3)10(2)13-9-21(4,5)26-20(13)19(17)22/h12,23H,6-9H2,1-5H3. The van der Waals surface area contributed by atoms with Crippen molar-refractivity contribution in [3.8, 4) is 5.75 Å². The van der Waals surface area contributed by atoms with Crippen molar-refractivity contribution in [2.24, 2.45) is 0 Å². The van der Waals surface area contributed by atoms with E-state index in [0.717, 1.165) is 28.7 Å². The van der Waals surface area contributed by atoms with Gasteiger partial charge in [-0.2, -0.15) is 0 Å². The molecule has 1 aliphatic carbocycles. The fourth-order valence-corrected chi connectivity index (χ4v) is 4.59. The lowest BCUT2D eigenvalue weighted by atomic mass is 9.76. The third-order valence-electron chi connectivity index (χ3n) is 5.56. The number of hydrogen-bond acceptors (Lipinski definition) is 4. The Bertz CT molecular complexity index is 828. The fourth-order valence-electron chi connectivity index (χ4n) is 4.14. The molecule has 1 aromatic rings. The maximum atomic E-state index is 12.5. The first kappa shape index (κ1) is 19.0. The number of aliphatic hydroxyl groups excluding tert-OH is 1. The highest BCUT2D eigenvalue weighted by atomic mass is 35.5. The molecule has 1 N–H and O–H groups in total. The number of ether oxygens (including phenoxy) is 1. The average Bonchev–Trinajstić information content (AvgIpc) is 2.88. The highest BCUT2D eigenvalue weighted by Crippen LogP contribution is 2.49. The number of aliphatic hydroxyl groups is 1. The third kappa shape index (κ3) is 2.94. The molecule has 2 aliphatic rings. The number of Topliss-reactive ketones (excluding diaryl/α,β-unsaturated/α-hetero) is 2. The van der Waals surface area contributed by atoms with Gasteiger partial charge in [-0.15, -0.1) is 0 Å². The normalized spacial score (nSPS) is 21.6. The lowest BCUT2D eigenvalue weighted by Crippen LogP contribution is -2.27. The van der Waals surface area contributed by atoms with Gasteiger partial charge in [0.1, 0.15) is 17.1 Å². The predicted molar refractivity (Wildman–Crippen MR) is 101 cm³/mol.